The molecule has 0 aliphatic carbocycles. The number of alkyl halides is 4. The topological polar surface area (TPSA) is 20.3 Å². The molecule has 2 nitrogen and oxygen atoms in total. The second kappa shape index (κ2) is 5.96. The Hall–Kier alpha value is -1.01. The first kappa shape index (κ1) is 16.0. The van der Waals surface area contributed by atoms with Gasteiger partial charge in [-0.15, -0.1) is 0 Å². The highest BCUT2D eigenvalue weighted by atomic mass is 35.5. The molecule has 8 heteroatoms. The van der Waals surface area contributed by atoms with Crippen molar-refractivity contribution in [2.45, 2.75) is 18.9 Å². The standard InChI is InChI=1S/C11H9Cl2F4NO/c1-18(10(19)11(16,17)9(14)15)5-6-2-7(12)4-8(13)3-6/h2-4,9H,5H2,1H3. The maximum atomic E-state index is 12.9. The Balaban J connectivity index is 2.85. The summed E-state index contributed by atoms with van der Waals surface area (Å²) in [6.45, 7) is -0.304. The Labute approximate surface area is 116 Å². The molecule has 0 unspecified atom stereocenters. The maximum Gasteiger partial charge on any atom is 0.383 e. The molecule has 19 heavy (non-hydrogen) atoms. The third kappa shape index (κ3) is 3.98. The van der Waals surface area contributed by atoms with Gasteiger partial charge in [-0.05, 0) is 23.8 Å². The largest absolute Gasteiger partial charge is 0.383 e. The Morgan fingerprint density at radius 3 is 2.16 bits per heavy atom. The zero-order chi connectivity index (χ0) is 14.8. The van der Waals surface area contributed by atoms with E-state index in [4.69, 9.17) is 23.2 Å². The molecule has 0 spiro atoms. The summed E-state index contributed by atoms with van der Waals surface area (Å²) in [6, 6.07) is 4.22. The smallest absolute Gasteiger partial charge is 0.336 e. The number of rotatable bonds is 4. The number of carbonyl (C=O) groups excluding carboxylic acids is 1. The van der Waals surface area contributed by atoms with E-state index in [0.29, 0.717) is 10.5 Å². The lowest BCUT2D eigenvalue weighted by Gasteiger charge is -2.23. The van der Waals surface area contributed by atoms with Crippen LogP contribution < -0.4 is 0 Å². The Kier molecular flexibility index (Phi) is 5.04. The third-order valence-corrected chi connectivity index (χ3v) is 2.68. The molecule has 1 aromatic rings. The van der Waals surface area contributed by atoms with Crippen LogP contribution in [0, 0.1) is 0 Å². The highest BCUT2D eigenvalue weighted by Gasteiger charge is 2.50. The molecule has 0 heterocycles. The molecule has 0 radical (unpaired) electrons. The molecule has 0 saturated carbocycles. The van der Waals surface area contributed by atoms with E-state index in [9.17, 15) is 22.4 Å². The molecule has 0 atom stereocenters. The van der Waals surface area contributed by atoms with Crippen molar-refractivity contribution in [1.29, 1.82) is 0 Å². The molecule has 1 rings (SSSR count). The third-order valence-electron chi connectivity index (χ3n) is 2.25. The van der Waals surface area contributed by atoms with Gasteiger partial charge in [0.2, 0.25) is 0 Å². The second-order valence-electron chi connectivity index (χ2n) is 3.86. The van der Waals surface area contributed by atoms with E-state index >= 15 is 0 Å². The molecule has 0 aliphatic rings. The van der Waals surface area contributed by atoms with E-state index in [1.807, 2.05) is 0 Å². The zero-order valence-electron chi connectivity index (χ0n) is 9.64. The van der Waals surface area contributed by atoms with Crippen molar-refractivity contribution >= 4 is 29.1 Å². The van der Waals surface area contributed by atoms with E-state index in [1.165, 1.54) is 18.2 Å². The summed E-state index contributed by atoms with van der Waals surface area (Å²) in [5.41, 5.74) is 0.360. The quantitative estimate of drug-likeness (QED) is 0.772. The van der Waals surface area contributed by atoms with Crippen LogP contribution in [-0.4, -0.2) is 30.2 Å². The van der Waals surface area contributed by atoms with E-state index in [0.717, 1.165) is 7.05 Å². The van der Waals surface area contributed by atoms with E-state index in [-0.39, 0.29) is 16.6 Å². The fraction of sp³-hybridized carbons (Fsp3) is 0.364. The zero-order valence-corrected chi connectivity index (χ0v) is 11.2. The molecule has 0 aromatic heterocycles. The fourth-order valence-corrected chi connectivity index (χ4v) is 1.97. The van der Waals surface area contributed by atoms with Gasteiger partial charge in [-0.1, -0.05) is 23.2 Å². The number of hydrogen-bond donors (Lipinski definition) is 0. The van der Waals surface area contributed by atoms with Gasteiger partial charge in [-0.25, -0.2) is 8.78 Å². The van der Waals surface area contributed by atoms with Gasteiger partial charge in [-0.3, -0.25) is 4.79 Å². The SMILES string of the molecule is CN(Cc1cc(Cl)cc(Cl)c1)C(=O)C(F)(F)C(F)F. The van der Waals surface area contributed by atoms with Crippen molar-refractivity contribution < 1.29 is 22.4 Å². The summed E-state index contributed by atoms with van der Waals surface area (Å²) < 4.78 is 49.8. The highest BCUT2D eigenvalue weighted by molar-refractivity contribution is 6.34. The highest BCUT2D eigenvalue weighted by Crippen LogP contribution is 2.26. The molecular weight excluding hydrogens is 309 g/mol. The van der Waals surface area contributed by atoms with Gasteiger partial charge in [0.15, 0.2) is 0 Å². The Morgan fingerprint density at radius 2 is 1.74 bits per heavy atom. The van der Waals surface area contributed by atoms with Crippen molar-refractivity contribution in [3.05, 3.63) is 33.8 Å². The summed E-state index contributed by atoms with van der Waals surface area (Å²) in [5, 5.41) is 0.507. The average molecular weight is 318 g/mol. The number of carbonyl (C=O) groups is 1. The first-order chi connectivity index (χ1) is 8.64. The van der Waals surface area contributed by atoms with Gasteiger partial charge in [0.25, 0.3) is 5.91 Å². The molecule has 1 amide bonds. The monoisotopic (exact) mass is 317 g/mol. The number of amides is 1. The first-order valence-electron chi connectivity index (χ1n) is 5.01. The second-order valence-corrected chi connectivity index (χ2v) is 4.74. The van der Waals surface area contributed by atoms with E-state index in [1.54, 1.807) is 0 Å². The van der Waals surface area contributed by atoms with Crippen LogP contribution in [0.25, 0.3) is 0 Å². The van der Waals surface area contributed by atoms with Crippen LogP contribution in [0.2, 0.25) is 10.0 Å². The Bertz CT molecular complexity index is 462. The lowest BCUT2D eigenvalue weighted by atomic mass is 10.2. The van der Waals surface area contributed by atoms with Crippen molar-refractivity contribution in [3.63, 3.8) is 0 Å². The molecule has 0 fully saturated rings. The molecular formula is C11H9Cl2F4NO. The molecule has 1 aromatic carbocycles. The van der Waals surface area contributed by atoms with Crippen LogP contribution in [0.15, 0.2) is 18.2 Å². The van der Waals surface area contributed by atoms with Crippen molar-refractivity contribution in [3.8, 4) is 0 Å². The molecule has 0 aliphatic heterocycles. The normalized spacial score (nSPS) is 11.8. The van der Waals surface area contributed by atoms with E-state index < -0.39 is 18.3 Å². The van der Waals surface area contributed by atoms with Crippen LogP contribution in [0.3, 0.4) is 0 Å². The summed E-state index contributed by atoms with van der Waals surface area (Å²) in [4.78, 5) is 11.7. The molecule has 0 bridgehead atoms. The lowest BCUT2D eigenvalue weighted by Crippen LogP contribution is -2.45. The van der Waals surface area contributed by atoms with Crippen LogP contribution in [-0.2, 0) is 11.3 Å². The number of halogens is 6. The number of nitrogens with zero attached hydrogens (tertiary/aromatic N) is 1. The van der Waals surface area contributed by atoms with Gasteiger partial charge in [0.05, 0.1) is 0 Å². The van der Waals surface area contributed by atoms with Crippen LogP contribution in [0.4, 0.5) is 17.6 Å². The summed E-state index contributed by atoms with van der Waals surface area (Å²) in [5.74, 6) is -6.67. The fourth-order valence-electron chi connectivity index (χ4n) is 1.40. The predicted octanol–water partition coefficient (Wildman–Crippen LogP) is 3.85. The lowest BCUT2D eigenvalue weighted by molar-refractivity contribution is -0.179. The number of benzene rings is 1. The van der Waals surface area contributed by atoms with Gasteiger partial charge in [0.1, 0.15) is 0 Å². The molecule has 0 N–H and O–H groups in total. The van der Waals surface area contributed by atoms with Gasteiger partial charge in [-0.2, -0.15) is 8.78 Å². The van der Waals surface area contributed by atoms with Crippen LogP contribution >= 0.6 is 23.2 Å². The van der Waals surface area contributed by atoms with Crippen molar-refractivity contribution in [2.75, 3.05) is 7.05 Å². The molecule has 106 valence electrons. The maximum absolute atomic E-state index is 12.9. The van der Waals surface area contributed by atoms with Crippen molar-refractivity contribution in [2.24, 2.45) is 0 Å². The predicted molar refractivity (Wildman–Crippen MR) is 63.9 cm³/mol. The minimum absolute atomic E-state index is 0.254. The minimum atomic E-state index is -4.71. The minimum Gasteiger partial charge on any atom is -0.336 e. The summed E-state index contributed by atoms with van der Waals surface area (Å²) >= 11 is 11.4. The first-order valence-corrected chi connectivity index (χ1v) is 5.76. The summed E-state index contributed by atoms with van der Waals surface area (Å²) in [6.07, 6.45) is -4.05. The van der Waals surface area contributed by atoms with Gasteiger partial charge < -0.3 is 4.90 Å². The van der Waals surface area contributed by atoms with Gasteiger partial charge >= 0.3 is 12.3 Å². The van der Waals surface area contributed by atoms with Crippen molar-refractivity contribution in [1.82, 2.24) is 4.90 Å². The average Bonchev–Trinajstić information content (AvgIpc) is 2.25. The summed E-state index contributed by atoms with van der Waals surface area (Å²) in [7, 11) is 0.993. The van der Waals surface area contributed by atoms with E-state index in [2.05, 4.69) is 0 Å². The molecule has 0 saturated heterocycles. The van der Waals surface area contributed by atoms with Crippen LogP contribution in [0.5, 0.6) is 0 Å². The Morgan fingerprint density at radius 1 is 1.26 bits per heavy atom. The van der Waals surface area contributed by atoms with Gasteiger partial charge in [0, 0.05) is 23.6 Å². The number of hydrogen-bond acceptors (Lipinski definition) is 1. The van der Waals surface area contributed by atoms with Crippen LogP contribution in [0.1, 0.15) is 5.56 Å².